The second-order valence-electron chi connectivity index (χ2n) is 4.88. The minimum atomic E-state index is -0.888. The zero-order chi connectivity index (χ0) is 15.4. The van der Waals surface area contributed by atoms with Crippen molar-refractivity contribution in [3.63, 3.8) is 0 Å². The van der Waals surface area contributed by atoms with Crippen molar-refractivity contribution >= 4 is 23.6 Å². The Kier molecular flexibility index (Phi) is 4.42. The summed E-state index contributed by atoms with van der Waals surface area (Å²) < 4.78 is 0. The van der Waals surface area contributed by atoms with Gasteiger partial charge >= 0.3 is 12.0 Å². The van der Waals surface area contributed by atoms with Crippen LogP contribution in [0.2, 0.25) is 0 Å². The van der Waals surface area contributed by atoms with Crippen LogP contribution in [-0.4, -0.2) is 43.2 Å². The summed E-state index contributed by atoms with van der Waals surface area (Å²) in [5, 5.41) is 13.7. The van der Waals surface area contributed by atoms with Crippen LogP contribution in [0, 0.1) is 5.92 Å². The van der Waals surface area contributed by atoms with Gasteiger partial charge in [-0.05, 0) is 18.1 Å². The lowest BCUT2D eigenvalue weighted by molar-refractivity contribution is -0.141. The number of para-hydroxylation sites is 1. The molecule has 0 aliphatic carbocycles. The molecule has 0 spiro atoms. The van der Waals surface area contributed by atoms with E-state index in [9.17, 15) is 19.5 Å². The molecular weight excluding hydrogens is 274 g/mol. The van der Waals surface area contributed by atoms with Crippen molar-refractivity contribution in [1.29, 1.82) is 0 Å². The fourth-order valence-corrected chi connectivity index (χ4v) is 2.40. The van der Waals surface area contributed by atoms with Crippen LogP contribution in [0.4, 0.5) is 10.5 Å². The summed E-state index contributed by atoms with van der Waals surface area (Å²) in [6, 6.07) is 6.80. The number of benzene rings is 1. The van der Waals surface area contributed by atoms with E-state index in [1.807, 2.05) is 24.3 Å². The normalized spacial score (nSPS) is 16.8. The first-order valence-corrected chi connectivity index (χ1v) is 6.58. The number of hydrogen-bond acceptors (Lipinski definition) is 4. The summed E-state index contributed by atoms with van der Waals surface area (Å²) in [6.45, 7) is 0.182. The lowest BCUT2D eigenvalue weighted by Crippen LogP contribution is -2.47. The predicted molar refractivity (Wildman–Crippen MR) is 76.1 cm³/mol. The molecule has 2 rings (SSSR count). The maximum atomic E-state index is 11.8. The van der Waals surface area contributed by atoms with Crippen LogP contribution < -0.4 is 15.5 Å². The van der Waals surface area contributed by atoms with Crippen LogP contribution in [0.5, 0.6) is 0 Å². The summed E-state index contributed by atoms with van der Waals surface area (Å²) in [4.78, 5) is 35.9. The maximum Gasteiger partial charge on any atom is 0.321 e. The standard InChI is InChI=1S/C14H17N3O4/c1-15-14(21)16-12(18)8-17-7-10(13(19)20)6-9-4-2-3-5-11(9)17/h2-5,10H,6-8H2,1H3,(H,19,20)(H2,15,16,18,21). The van der Waals surface area contributed by atoms with Crippen molar-refractivity contribution in [1.82, 2.24) is 10.6 Å². The van der Waals surface area contributed by atoms with Crippen molar-refractivity contribution in [3.8, 4) is 0 Å². The highest BCUT2D eigenvalue weighted by Crippen LogP contribution is 2.29. The minimum Gasteiger partial charge on any atom is -0.481 e. The van der Waals surface area contributed by atoms with Gasteiger partial charge in [0.25, 0.3) is 0 Å². The Balaban J connectivity index is 2.15. The Morgan fingerprint density at radius 1 is 1.33 bits per heavy atom. The number of amides is 3. The predicted octanol–water partition coefficient (Wildman–Crippen LogP) is 0.206. The molecule has 3 amide bonds. The first-order chi connectivity index (χ1) is 10.0. The molecule has 1 aromatic rings. The van der Waals surface area contributed by atoms with Crippen LogP contribution in [-0.2, 0) is 16.0 Å². The van der Waals surface area contributed by atoms with Crippen LogP contribution in [0.3, 0.4) is 0 Å². The number of hydrogen-bond donors (Lipinski definition) is 3. The van der Waals surface area contributed by atoms with Gasteiger partial charge in [0.15, 0.2) is 0 Å². The highest BCUT2D eigenvalue weighted by molar-refractivity contribution is 5.96. The van der Waals surface area contributed by atoms with Crippen LogP contribution >= 0.6 is 0 Å². The number of carboxylic acid groups (broad SMARTS) is 1. The summed E-state index contributed by atoms with van der Waals surface area (Å²) in [6.07, 6.45) is 0.444. The fraction of sp³-hybridized carbons (Fsp3) is 0.357. The van der Waals surface area contributed by atoms with Crippen molar-refractivity contribution in [3.05, 3.63) is 29.8 Å². The quantitative estimate of drug-likeness (QED) is 0.739. The monoisotopic (exact) mass is 291 g/mol. The largest absolute Gasteiger partial charge is 0.481 e. The number of carbonyl (C=O) groups excluding carboxylic acids is 2. The zero-order valence-electron chi connectivity index (χ0n) is 11.6. The molecule has 1 heterocycles. The van der Waals surface area contributed by atoms with E-state index in [-0.39, 0.29) is 13.1 Å². The molecule has 1 atom stereocenters. The molecule has 0 saturated heterocycles. The lowest BCUT2D eigenvalue weighted by Gasteiger charge is -2.33. The number of anilines is 1. The molecule has 112 valence electrons. The van der Waals surface area contributed by atoms with E-state index in [0.717, 1.165) is 11.3 Å². The number of fused-ring (bicyclic) bond motifs is 1. The summed E-state index contributed by atoms with van der Waals surface area (Å²) in [5.74, 6) is -1.93. The third kappa shape index (κ3) is 3.50. The first-order valence-electron chi connectivity index (χ1n) is 6.58. The van der Waals surface area contributed by atoms with E-state index in [1.165, 1.54) is 7.05 Å². The number of nitrogens with zero attached hydrogens (tertiary/aromatic N) is 1. The van der Waals surface area contributed by atoms with E-state index < -0.39 is 23.8 Å². The molecule has 21 heavy (non-hydrogen) atoms. The Morgan fingerprint density at radius 2 is 2.05 bits per heavy atom. The van der Waals surface area contributed by atoms with Gasteiger partial charge < -0.3 is 15.3 Å². The Labute approximate surface area is 121 Å². The average Bonchev–Trinajstić information content (AvgIpc) is 2.46. The summed E-state index contributed by atoms with van der Waals surface area (Å²) in [5.41, 5.74) is 1.73. The van der Waals surface area contributed by atoms with Crippen molar-refractivity contribution in [2.75, 3.05) is 25.0 Å². The maximum absolute atomic E-state index is 11.8. The lowest BCUT2D eigenvalue weighted by atomic mass is 9.92. The van der Waals surface area contributed by atoms with E-state index in [2.05, 4.69) is 10.6 Å². The van der Waals surface area contributed by atoms with Gasteiger partial charge in [-0.15, -0.1) is 0 Å². The van der Waals surface area contributed by atoms with E-state index >= 15 is 0 Å². The Bertz CT molecular complexity index is 573. The van der Waals surface area contributed by atoms with Gasteiger partial charge in [0.2, 0.25) is 5.91 Å². The average molecular weight is 291 g/mol. The minimum absolute atomic E-state index is 0.0613. The molecule has 0 aromatic heterocycles. The second kappa shape index (κ2) is 6.25. The second-order valence-corrected chi connectivity index (χ2v) is 4.88. The molecule has 7 heteroatoms. The molecule has 1 aliphatic rings. The SMILES string of the molecule is CNC(=O)NC(=O)CN1CC(C(=O)O)Cc2ccccc21. The van der Waals surface area contributed by atoms with Gasteiger partial charge in [-0.25, -0.2) is 4.79 Å². The van der Waals surface area contributed by atoms with Crippen molar-refractivity contribution < 1.29 is 19.5 Å². The molecule has 0 bridgehead atoms. The van der Waals surface area contributed by atoms with Gasteiger partial charge in [0, 0.05) is 19.3 Å². The summed E-state index contributed by atoms with van der Waals surface area (Å²) >= 11 is 0. The molecular formula is C14H17N3O4. The third-order valence-electron chi connectivity index (χ3n) is 3.40. The smallest absolute Gasteiger partial charge is 0.321 e. The van der Waals surface area contributed by atoms with Crippen LogP contribution in [0.1, 0.15) is 5.56 Å². The number of imide groups is 1. The Hall–Kier alpha value is -2.57. The number of rotatable bonds is 3. The van der Waals surface area contributed by atoms with E-state index in [4.69, 9.17) is 0 Å². The summed E-state index contributed by atoms with van der Waals surface area (Å²) in [7, 11) is 1.42. The number of carbonyl (C=O) groups is 3. The molecule has 1 unspecified atom stereocenters. The van der Waals surface area contributed by atoms with Gasteiger partial charge in [-0.2, -0.15) is 0 Å². The molecule has 0 radical (unpaired) electrons. The molecule has 1 aromatic carbocycles. The highest BCUT2D eigenvalue weighted by atomic mass is 16.4. The van der Waals surface area contributed by atoms with Gasteiger partial charge in [0.05, 0.1) is 12.5 Å². The molecule has 3 N–H and O–H groups in total. The topological polar surface area (TPSA) is 98.7 Å². The van der Waals surface area contributed by atoms with Gasteiger partial charge in [-0.3, -0.25) is 14.9 Å². The molecule has 7 nitrogen and oxygen atoms in total. The van der Waals surface area contributed by atoms with Crippen molar-refractivity contribution in [2.45, 2.75) is 6.42 Å². The van der Waals surface area contributed by atoms with Crippen LogP contribution in [0.15, 0.2) is 24.3 Å². The number of urea groups is 1. The number of aliphatic carboxylic acids is 1. The number of nitrogens with one attached hydrogen (secondary N) is 2. The van der Waals surface area contributed by atoms with Crippen LogP contribution in [0.25, 0.3) is 0 Å². The first kappa shape index (κ1) is 14.8. The van der Waals surface area contributed by atoms with E-state index in [1.54, 1.807) is 4.90 Å². The van der Waals surface area contributed by atoms with Gasteiger partial charge in [0.1, 0.15) is 0 Å². The fourth-order valence-electron chi connectivity index (χ4n) is 2.40. The molecule has 0 fully saturated rings. The third-order valence-corrected chi connectivity index (χ3v) is 3.40. The van der Waals surface area contributed by atoms with Crippen molar-refractivity contribution in [2.24, 2.45) is 5.92 Å². The molecule has 0 saturated carbocycles. The zero-order valence-corrected chi connectivity index (χ0v) is 11.6. The number of carboxylic acids is 1. The molecule has 1 aliphatic heterocycles. The Morgan fingerprint density at radius 3 is 2.71 bits per heavy atom. The van der Waals surface area contributed by atoms with E-state index in [0.29, 0.717) is 6.42 Å². The highest BCUT2D eigenvalue weighted by Gasteiger charge is 2.29. The van der Waals surface area contributed by atoms with Gasteiger partial charge in [-0.1, -0.05) is 18.2 Å².